The third kappa shape index (κ3) is 3.29. The molecule has 0 aliphatic rings. The van der Waals surface area contributed by atoms with Crippen molar-refractivity contribution in [3.63, 3.8) is 0 Å². The van der Waals surface area contributed by atoms with Crippen LogP contribution in [-0.2, 0) is 4.79 Å². The predicted octanol–water partition coefficient (Wildman–Crippen LogP) is -1.14. The molecule has 0 spiro atoms. The molecule has 1 rings (SSSR count). The number of anilines is 1. The highest BCUT2D eigenvalue weighted by Crippen LogP contribution is 2.04. The average Bonchev–Trinajstić information content (AvgIpc) is 2.64. The van der Waals surface area contributed by atoms with Gasteiger partial charge < -0.3 is 16.4 Å². The smallest absolute Gasteiger partial charge is 0.256 e. The molecule has 15 heavy (non-hydrogen) atoms. The third-order valence-electron chi connectivity index (χ3n) is 1.78. The van der Waals surface area contributed by atoms with Crippen LogP contribution < -0.4 is 16.4 Å². The lowest BCUT2D eigenvalue weighted by molar-refractivity contribution is -0.109. The van der Waals surface area contributed by atoms with Crippen molar-refractivity contribution >= 4 is 18.1 Å². The minimum Gasteiger partial charge on any atom is -0.383 e. The summed E-state index contributed by atoms with van der Waals surface area (Å²) in [5, 5.41) is 11.2. The number of nitrogens with two attached hydrogens (primary N) is 1. The van der Waals surface area contributed by atoms with Crippen LogP contribution in [-0.4, -0.2) is 35.6 Å². The Morgan fingerprint density at radius 2 is 2.40 bits per heavy atom. The zero-order valence-corrected chi connectivity index (χ0v) is 8.12. The van der Waals surface area contributed by atoms with Crippen LogP contribution >= 0.6 is 0 Å². The summed E-state index contributed by atoms with van der Waals surface area (Å²) in [6.45, 7) is 1.01. The van der Waals surface area contributed by atoms with Gasteiger partial charge in [0.15, 0.2) is 0 Å². The molecule has 1 aromatic heterocycles. The van der Waals surface area contributed by atoms with Crippen LogP contribution in [0.4, 0.5) is 5.82 Å². The predicted molar refractivity (Wildman–Crippen MR) is 54.0 cm³/mol. The first-order chi connectivity index (χ1) is 7.25. The quantitative estimate of drug-likeness (QED) is 0.352. The first kappa shape index (κ1) is 11.0. The van der Waals surface area contributed by atoms with Gasteiger partial charge >= 0.3 is 0 Å². The molecule has 82 valence electrons. The Morgan fingerprint density at radius 1 is 1.60 bits per heavy atom. The summed E-state index contributed by atoms with van der Waals surface area (Å²) >= 11 is 0. The first-order valence-corrected chi connectivity index (χ1v) is 4.49. The summed E-state index contributed by atoms with van der Waals surface area (Å²) in [4.78, 5) is 21.3. The number of aromatic nitrogens is 2. The van der Waals surface area contributed by atoms with Gasteiger partial charge in [0.25, 0.3) is 5.91 Å². The fraction of sp³-hybridized carbons (Fsp3) is 0.375. The Bertz CT molecular complexity index is 336. The van der Waals surface area contributed by atoms with E-state index in [-0.39, 0.29) is 11.7 Å². The van der Waals surface area contributed by atoms with E-state index in [0.29, 0.717) is 31.5 Å². The highest BCUT2D eigenvalue weighted by molar-refractivity contribution is 5.97. The zero-order chi connectivity index (χ0) is 11.1. The Balaban J connectivity index is 2.25. The fourth-order valence-electron chi connectivity index (χ4n) is 1.02. The summed E-state index contributed by atoms with van der Waals surface area (Å²) in [6, 6.07) is 0. The van der Waals surface area contributed by atoms with Crippen molar-refractivity contribution in [2.45, 2.75) is 6.42 Å². The van der Waals surface area contributed by atoms with Gasteiger partial charge in [0.05, 0.1) is 6.20 Å². The van der Waals surface area contributed by atoms with Crippen LogP contribution in [0.25, 0.3) is 0 Å². The van der Waals surface area contributed by atoms with Crippen molar-refractivity contribution in [2.24, 2.45) is 0 Å². The van der Waals surface area contributed by atoms with E-state index >= 15 is 0 Å². The SMILES string of the molecule is Nc1[nH]ncc1C(=O)NCCCNC=O. The Labute approximate surface area is 86.4 Å². The zero-order valence-electron chi connectivity index (χ0n) is 8.12. The van der Waals surface area contributed by atoms with Gasteiger partial charge in [-0.05, 0) is 6.42 Å². The summed E-state index contributed by atoms with van der Waals surface area (Å²) in [6.07, 6.45) is 2.66. The van der Waals surface area contributed by atoms with Gasteiger partial charge in [0, 0.05) is 13.1 Å². The number of nitrogens with zero attached hydrogens (tertiary/aromatic N) is 1. The monoisotopic (exact) mass is 211 g/mol. The molecule has 1 aromatic rings. The molecule has 5 N–H and O–H groups in total. The molecule has 0 unspecified atom stereocenters. The summed E-state index contributed by atoms with van der Waals surface area (Å²) < 4.78 is 0. The van der Waals surface area contributed by atoms with E-state index in [1.165, 1.54) is 6.20 Å². The van der Waals surface area contributed by atoms with Crippen LogP contribution in [0.1, 0.15) is 16.8 Å². The highest BCUT2D eigenvalue weighted by Gasteiger charge is 2.09. The molecule has 1 heterocycles. The van der Waals surface area contributed by atoms with E-state index < -0.39 is 0 Å². The van der Waals surface area contributed by atoms with Crippen LogP contribution in [0.5, 0.6) is 0 Å². The number of rotatable bonds is 6. The number of hydrogen-bond donors (Lipinski definition) is 4. The van der Waals surface area contributed by atoms with Gasteiger partial charge in [-0.15, -0.1) is 0 Å². The second kappa shape index (κ2) is 5.63. The topological polar surface area (TPSA) is 113 Å². The average molecular weight is 211 g/mol. The molecule has 0 radical (unpaired) electrons. The third-order valence-corrected chi connectivity index (χ3v) is 1.78. The van der Waals surface area contributed by atoms with Crippen molar-refractivity contribution in [1.82, 2.24) is 20.8 Å². The maximum absolute atomic E-state index is 11.4. The van der Waals surface area contributed by atoms with E-state index in [4.69, 9.17) is 5.73 Å². The van der Waals surface area contributed by atoms with Crippen molar-refractivity contribution in [3.8, 4) is 0 Å². The molecule has 0 aliphatic carbocycles. The van der Waals surface area contributed by atoms with E-state index in [0.717, 1.165) is 0 Å². The largest absolute Gasteiger partial charge is 0.383 e. The number of H-pyrrole nitrogens is 1. The number of aromatic amines is 1. The lowest BCUT2D eigenvalue weighted by atomic mass is 10.3. The lowest BCUT2D eigenvalue weighted by Crippen LogP contribution is -2.27. The van der Waals surface area contributed by atoms with Crippen LogP contribution in [0.3, 0.4) is 0 Å². The molecule has 0 atom stereocenters. The number of carbonyl (C=O) groups excluding carboxylic acids is 2. The van der Waals surface area contributed by atoms with Crippen molar-refractivity contribution in [3.05, 3.63) is 11.8 Å². The van der Waals surface area contributed by atoms with Crippen molar-refractivity contribution in [1.29, 1.82) is 0 Å². The molecular formula is C8H13N5O2. The first-order valence-electron chi connectivity index (χ1n) is 4.49. The summed E-state index contributed by atoms with van der Waals surface area (Å²) in [7, 11) is 0. The van der Waals surface area contributed by atoms with E-state index in [1.54, 1.807) is 0 Å². The molecule has 0 bridgehead atoms. The Kier molecular flexibility index (Phi) is 4.14. The number of hydrogen-bond acceptors (Lipinski definition) is 4. The normalized spacial score (nSPS) is 9.60. The molecular weight excluding hydrogens is 198 g/mol. The maximum Gasteiger partial charge on any atom is 0.256 e. The van der Waals surface area contributed by atoms with Gasteiger partial charge in [-0.25, -0.2) is 0 Å². The van der Waals surface area contributed by atoms with Crippen LogP contribution in [0, 0.1) is 0 Å². The van der Waals surface area contributed by atoms with E-state index in [2.05, 4.69) is 20.8 Å². The van der Waals surface area contributed by atoms with Gasteiger partial charge in [-0.1, -0.05) is 0 Å². The fourth-order valence-corrected chi connectivity index (χ4v) is 1.02. The molecule has 0 fully saturated rings. The van der Waals surface area contributed by atoms with Crippen LogP contribution in [0.15, 0.2) is 6.20 Å². The summed E-state index contributed by atoms with van der Waals surface area (Å²) in [5.74, 6) is -0.0223. The number of carbonyl (C=O) groups is 2. The van der Waals surface area contributed by atoms with Gasteiger partial charge in [0.1, 0.15) is 11.4 Å². The second-order valence-electron chi connectivity index (χ2n) is 2.88. The maximum atomic E-state index is 11.4. The van der Waals surface area contributed by atoms with Crippen molar-refractivity contribution in [2.75, 3.05) is 18.8 Å². The second-order valence-corrected chi connectivity index (χ2v) is 2.88. The van der Waals surface area contributed by atoms with Gasteiger partial charge in [0.2, 0.25) is 6.41 Å². The van der Waals surface area contributed by atoms with E-state index in [1.807, 2.05) is 0 Å². The highest BCUT2D eigenvalue weighted by atomic mass is 16.1. The van der Waals surface area contributed by atoms with E-state index in [9.17, 15) is 9.59 Å². The minimum atomic E-state index is -0.271. The van der Waals surface area contributed by atoms with Crippen molar-refractivity contribution < 1.29 is 9.59 Å². The molecule has 7 nitrogen and oxygen atoms in total. The molecule has 0 saturated heterocycles. The minimum absolute atomic E-state index is 0.249. The molecule has 7 heteroatoms. The van der Waals surface area contributed by atoms with Gasteiger partial charge in [-0.2, -0.15) is 5.10 Å². The lowest BCUT2D eigenvalue weighted by Gasteiger charge is -2.03. The van der Waals surface area contributed by atoms with Gasteiger partial charge in [-0.3, -0.25) is 14.7 Å². The Hall–Kier alpha value is -2.05. The molecule has 0 saturated carbocycles. The number of amides is 2. The number of nitrogen functional groups attached to an aromatic ring is 1. The Morgan fingerprint density at radius 3 is 3.00 bits per heavy atom. The summed E-state index contributed by atoms with van der Waals surface area (Å²) in [5.41, 5.74) is 5.79. The molecule has 0 aromatic carbocycles. The number of nitrogens with one attached hydrogen (secondary N) is 3. The standard InChI is InChI=1S/C8H13N5O2/c9-7-6(4-12-13-7)8(15)11-3-1-2-10-5-14/h4-5H,1-3H2,(H,10,14)(H,11,15)(H3,9,12,13). The molecule has 0 aliphatic heterocycles. The van der Waals surface area contributed by atoms with Crippen LogP contribution in [0.2, 0.25) is 0 Å². The molecule has 2 amide bonds.